The van der Waals surface area contributed by atoms with Crippen LogP contribution in [0, 0.1) is 34.8 Å². The molecule has 3 unspecified atom stereocenters. The Kier molecular flexibility index (Phi) is 7.87. The molecule has 53 heavy (non-hydrogen) atoms. The summed E-state index contributed by atoms with van der Waals surface area (Å²) in [6.07, 6.45) is 9.40. The number of fused-ring (bicyclic) bond motifs is 4. The number of aromatic nitrogens is 2. The zero-order valence-electron chi connectivity index (χ0n) is 28.3. The fourth-order valence-electron chi connectivity index (χ4n) is 8.80. The monoisotopic (exact) mass is 757 g/mol. The lowest BCUT2D eigenvalue weighted by molar-refractivity contribution is -0.0328. The number of likely N-dealkylation sites (tertiary alicyclic amines) is 1. The highest BCUT2D eigenvalue weighted by atomic mass is 32.2. The SMILES string of the molecule is C#Cc1c(F)ccc2cc(O)cc(-c3c(SC(F)(F)F)cc4c(N5CC6CCC(C5)N6)nc(OCC5(CN6CCC7(C6)CC7(F)F)CC5)nc4c3F)c12. The van der Waals surface area contributed by atoms with Gasteiger partial charge in [0, 0.05) is 71.3 Å². The smallest absolute Gasteiger partial charge is 0.446 e. The summed E-state index contributed by atoms with van der Waals surface area (Å²) >= 11 is -0.539. The highest BCUT2D eigenvalue weighted by Gasteiger charge is 2.72. The van der Waals surface area contributed by atoms with Crippen molar-refractivity contribution < 1.29 is 40.6 Å². The molecule has 3 atom stereocenters. The first kappa shape index (κ1) is 34.7. The van der Waals surface area contributed by atoms with Crippen molar-refractivity contribution in [2.45, 2.75) is 66.9 Å². The van der Waals surface area contributed by atoms with Crippen molar-refractivity contribution in [3.63, 3.8) is 0 Å². The summed E-state index contributed by atoms with van der Waals surface area (Å²) in [5.41, 5.74) is -7.52. The van der Waals surface area contributed by atoms with Gasteiger partial charge in [-0.3, -0.25) is 0 Å². The maximum atomic E-state index is 17.3. The van der Waals surface area contributed by atoms with Gasteiger partial charge in [-0.25, -0.2) is 17.6 Å². The number of anilines is 1. The number of phenolic OH excluding ortho intramolecular Hbond substituents is 1. The van der Waals surface area contributed by atoms with Crippen LogP contribution in [0.1, 0.15) is 44.1 Å². The van der Waals surface area contributed by atoms with Gasteiger partial charge in [-0.1, -0.05) is 12.0 Å². The maximum absolute atomic E-state index is 17.3. The predicted octanol–water partition coefficient (Wildman–Crippen LogP) is 7.86. The van der Waals surface area contributed by atoms with Gasteiger partial charge in [0.15, 0.2) is 5.82 Å². The van der Waals surface area contributed by atoms with Crippen molar-refractivity contribution in [1.82, 2.24) is 20.2 Å². The molecule has 1 spiro atoms. The van der Waals surface area contributed by atoms with E-state index in [9.17, 15) is 27.1 Å². The molecule has 0 amide bonds. The number of nitrogens with one attached hydrogen (secondary N) is 1. The van der Waals surface area contributed by atoms with Crippen LogP contribution in [0.4, 0.5) is 36.6 Å². The normalized spacial score (nSPS) is 25.7. The van der Waals surface area contributed by atoms with Crippen molar-refractivity contribution in [2.24, 2.45) is 10.8 Å². The number of halogens is 7. The zero-order valence-corrected chi connectivity index (χ0v) is 29.1. The summed E-state index contributed by atoms with van der Waals surface area (Å²) in [4.78, 5) is 12.6. The van der Waals surface area contributed by atoms with E-state index in [1.165, 1.54) is 18.2 Å². The Hall–Kier alpha value is -4.00. The van der Waals surface area contributed by atoms with Crippen LogP contribution in [0.15, 0.2) is 35.2 Å². The molecule has 5 fully saturated rings. The summed E-state index contributed by atoms with van der Waals surface area (Å²) in [6, 6.07) is 5.94. The third-order valence-corrected chi connectivity index (χ3v) is 12.5. The number of rotatable bonds is 8. The molecule has 4 aromatic rings. The van der Waals surface area contributed by atoms with Crippen LogP contribution in [-0.2, 0) is 0 Å². The quantitative estimate of drug-likeness (QED) is 0.107. The van der Waals surface area contributed by atoms with E-state index < -0.39 is 56.5 Å². The number of hydrogen-bond acceptors (Lipinski definition) is 8. The number of ether oxygens (including phenoxy) is 1. The molecule has 0 radical (unpaired) electrons. The standard InChI is InChI=1S/C38H34F7N5O2S/c1-2-24-27(39)6-3-20-11-23(51)12-25(29(20)24)30-28(53-38(43,44)45)13-26-32(31(30)40)47-34(48-33(26)50-14-21-4-5-22(15-50)46-21)52-19-35(7-8-35)17-49-10-9-36(18-49)16-37(36,41)42/h1,3,6,11-13,21-22,46,51H,4-5,7-10,14-19H2. The van der Waals surface area contributed by atoms with Gasteiger partial charge in [0.25, 0.3) is 5.92 Å². The Labute approximate surface area is 304 Å². The molecule has 9 rings (SSSR count). The fraction of sp³-hybridized carbons (Fsp3) is 0.474. The molecule has 7 nitrogen and oxygen atoms in total. The molecule has 2 saturated carbocycles. The van der Waals surface area contributed by atoms with E-state index in [-0.39, 0.29) is 75.2 Å². The third-order valence-electron chi connectivity index (χ3n) is 11.7. The number of alkyl halides is 5. The van der Waals surface area contributed by atoms with Crippen LogP contribution in [-0.4, -0.2) is 82.8 Å². The number of terminal acetylenes is 1. The molecule has 2 N–H and O–H groups in total. The van der Waals surface area contributed by atoms with Gasteiger partial charge < -0.3 is 25.0 Å². The van der Waals surface area contributed by atoms with E-state index >= 15 is 8.78 Å². The van der Waals surface area contributed by atoms with Gasteiger partial charge in [-0.15, -0.1) is 6.42 Å². The molecular weight excluding hydrogens is 724 g/mol. The highest BCUT2D eigenvalue weighted by molar-refractivity contribution is 8.00. The van der Waals surface area contributed by atoms with E-state index in [0.717, 1.165) is 37.8 Å². The van der Waals surface area contributed by atoms with Gasteiger partial charge in [0.05, 0.1) is 17.6 Å². The molecule has 15 heteroatoms. The average molecular weight is 758 g/mol. The molecule has 2 bridgehead atoms. The number of phenols is 1. The Morgan fingerprint density at radius 2 is 1.79 bits per heavy atom. The number of benzene rings is 3. The van der Waals surface area contributed by atoms with Crippen molar-refractivity contribution in [3.05, 3.63) is 47.5 Å². The fourth-order valence-corrected chi connectivity index (χ4v) is 9.52. The maximum Gasteiger partial charge on any atom is 0.446 e. The third kappa shape index (κ3) is 6.10. The molecule has 3 aromatic carbocycles. The van der Waals surface area contributed by atoms with E-state index in [1.807, 2.05) is 4.90 Å². The lowest BCUT2D eigenvalue weighted by Gasteiger charge is -2.34. The number of thioether (sulfide) groups is 1. The first-order valence-electron chi connectivity index (χ1n) is 17.6. The van der Waals surface area contributed by atoms with Crippen LogP contribution >= 0.6 is 11.8 Å². The summed E-state index contributed by atoms with van der Waals surface area (Å²) in [5, 5.41) is 14.4. The Balaban J connectivity index is 1.16. The van der Waals surface area contributed by atoms with Crippen molar-refractivity contribution in [2.75, 3.05) is 44.2 Å². The van der Waals surface area contributed by atoms with Gasteiger partial charge in [-0.2, -0.15) is 23.1 Å². The van der Waals surface area contributed by atoms with Crippen LogP contribution in [0.25, 0.3) is 32.8 Å². The van der Waals surface area contributed by atoms with Crippen molar-refractivity contribution >= 4 is 39.3 Å². The first-order chi connectivity index (χ1) is 25.2. The summed E-state index contributed by atoms with van der Waals surface area (Å²) in [6.45, 7) is 2.54. The molecule has 3 aliphatic heterocycles. The van der Waals surface area contributed by atoms with E-state index in [2.05, 4.69) is 21.1 Å². The minimum absolute atomic E-state index is 0.0355. The second-order valence-corrected chi connectivity index (χ2v) is 16.6. The van der Waals surface area contributed by atoms with Crippen LogP contribution in [0.5, 0.6) is 11.8 Å². The van der Waals surface area contributed by atoms with Gasteiger partial charge in [0.2, 0.25) is 0 Å². The van der Waals surface area contributed by atoms with E-state index in [4.69, 9.17) is 16.1 Å². The summed E-state index contributed by atoms with van der Waals surface area (Å²) in [7, 11) is 0. The predicted molar refractivity (Wildman–Crippen MR) is 186 cm³/mol. The Morgan fingerprint density at radius 1 is 1.06 bits per heavy atom. The topological polar surface area (TPSA) is 73.8 Å². The van der Waals surface area contributed by atoms with Crippen LogP contribution in [0.3, 0.4) is 0 Å². The van der Waals surface area contributed by atoms with E-state index in [0.29, 0.717) is 39.1 Å². The minimum atomic E-state index is -4.86. The van der Waals surface area contributed by atoms with Crippen LogP contribution in [0.2, 0.25) is 0 Å². The first-order valence-corrected chi connectivity index (χ1v) is 18.4. The molecule has 5 aliphatic rings. The second kappa shape index (κ2) is 12.0. The van der Waals surface area contributed by atoms with Gasteiger partial charge in [0.1, 0.15) is 22.9 Å². The number of nitrogens with zero attached hydrogens (tertiary/aromatic N) is 4. The molecule has 278 valence electrons. The summed E-state index contributed by atoms with van der Waals surface area (Å²) in [5.74, 6) is -2.55. The average Bonchev–Trinajstić information content (AvgIpc) is 3.85. The lowest BCUT2D eigenvalue weighted by Crippen LogP contribution is -2.51. The second-order valence-electron chi connectivity index (χ2n) is 15.4. The molecule has 1 aromatic heterocycles. The summed E-state index contributed by atoms with van der Waals surface area (Å²) < 4.78 is 109. The lowest BCUT2D eigenvalue weighted by atomic mass is 9.93. The number of piperazine rings is 1. The minimum Gasteiger partial charge on any atom is -0.508 e. The molecule has 4 heterocycles. The van der Waals surface area contributed by atoms with Crippen molar-refractivity contribution in [1.29, 1.82) is 0 Å². The van der Waals surface area contributed by atoms with E-state index in [1.54, 1.807) is 0 Å². The Morgan fingerprint density at radius 3 is 2.43 bits per heavy atom. The Bertz CT molecular complexity index is 2210. The van der Waals surface area contributed by atoms with Gasteiger partial charge >= 0.3 is 11.5 Å². The number of hydrogen-bond donors (Lipinski definition) is 2. The molecule has 3 saturated heterocycles. The largest absolute Gasteiger partial charge is 0.508 e. The zero-order chi connectivity index (χ0) is 37.1. The highest BCUT2D eigenvalue weighted by Crippen LogP contribution is 2.65. The number of aromatic hydroxyl groups is 1. The molecule has 2 aliphatic carbocycles. The van der Waals surface area contributed by atoms with Crippen LogP contribution < -0.4 is 15.0 Å². The van der Waals surface area contributed by atoms with Gasteiger partial charge in [-0.05, 0) is 85.6 Å². The van der Waals surface area contributed by atoms with Crippen molar-refractivity contribution in [3.8, 4) is 35.2 Å². The molecular formula is C38H34F7N5O2S.